The Morgan fingerprint density at radius 2 is 0.853 bits per heavy atom. The van der Waals surface area contributed by atoms with Crippen LogP contribution < -0.4 is 15.9 Å². The highest BCUT2D eigenvalue weighted by atomic mass is 31.2. The zero-order valence-electron chi connectivity index (χ0n) is 17.9. The lowest BCUT2D eigenvalue weighted by Crippen LogP contribution is -2.42. The highest BCUT2D eigenvalue weighted by Crippen LogP contribution is 2.48. The van der Waals surface area contributed by atoms with E-state index in [-0.39, 0.29) is 5.56 Å². The van der Waals surface area contributed by atoms with Crippen molar-refractivity contribution in [1.29, 1.82) is 0 Å². The number of halogens is 3. The lowest BCUT2D eigenvalue weighted by atomic mass is 10.1. The molecule has 0 N–H and O–H groups in total. The largest absolute Gasteiger partial charge is 0.455 e. The molecular weight excluding hydrogens is 456 g/mol. The van der Waals surface area contributed by atoms with Gasteiger partial charge in [-0.1, -0.05) is 121 Å². The number of alkyl halides is 3. The fraction of sp³-hybridized carbons (Fsp3) is 0.0357. The zero-order valence-corrected chi connectivity index (χ0v) is 18.8. The first-order valence-corrected chi connectivity index (χ1v) is 12.3. The number of carbonyl (C=O) groups is 2. The summed E-state index contributed by atoms with van der Waals surface area (Å²) in [6.45, 7) is -3.54. The Bertz CT molecular complexity index is 1250. The summed E-state index contributed by atoms with van der Waals surface area (Å²) in [5.74, 6) is -3.04. The van der Waals surface area contributed by atoms with E-state index in [1.165, 1.54) is 12.1 Å². The lowest BCUT2D eigenvalue weighted by Gasteiger charge is -2.32. The molecule has 0 saturated heterocycles. The van der Waals surface area contributed by atoms with Crippen LogP contribution in [0, 0.1) is 0 Å². The molecule has 0 aliphatic rings. The summed E-state index contributed by atoms with van der Waals surface area (Å²) in [5.41, 5.74) is 0.0299. The third-order valence-corrected chi connectivity index (χ3v) is 9.78. The minimum absolute atomic E-state index is 0.0299. The summed E-state index contributed by atoms with van der Waals surface area (Å²) in [5, 5.41) is 0.715. The molecule has 6 heteroatoms. The van der Waals surface area contributed by atoms with Crippen LogP contribution in [0.5, 0.6) is 0 Å². The van der Waals surface area contributed by atoms with Gasteiger partial charge in [-0.15, -0.1) is 0 Å². The van der Waals surface area contributed by atoms with Gasteiger partial charge in [-0.05, 0) is 22.8 Å². The molecule has 0 aromatic heterocycles. The van der Waals surface area contributed by atoms with E-state index in [9.17, 15) is 22.8 Å². The van der Waals surface area contributed by atoms with Gasteiger partial charge in [0.25, 0.3) is 5.78 Å². The second-order valence-corrected chi connectivity index (χ2v) is 10.9. The van der Waals surface area contributed by atoms with Crippen molar-refractivity contribution in [2.75, 3.05) is 0 Å². The van der Waals surface area contributed by atoms with Gasteiger partial charge in [0.15, 0.2) is 5.78 Å². The van der Waals surface area contributed by atoms with E-state index in [4.69, 9.17) is 0 Å². The van der Waals surface area contributed by atoms with Crippen LogP contribution in [0.25, 0.3) is 0 Å². The van der Waals surface area contributed by atoms with Gasteiger partial charge in [-0.25, -0.2) is 0 Å². The fourth-order valence-electron chi connectivity index (χ4n) is 4.06. The Kier molecular flexibility index (Phi) is 6.67. The number of ketones is 2. The van der Waals surface area contributed by atoms with Crippen LogP contribution in [-0.2, 0) is 4.79 Å². The molecule has 0 amide bonds. The molecule has 0 fully saturated rings. The van der Waals surface area contributed by atoms with Crippen LogP contribution in [0.4, 0.5) is 13.2 Å². The van der Waals surface area contributed by atoms with E-state index < -0.39 is 29.9 Å². The van der Waals surface area contributed by atoms with Crippen LogP contribution in [-0.4, -0.2) is 23.0 Å². The maximum absolute atomic E-state index is 14.1. The normalized spacial score (nSPS) is 11.6. The summed E-state index contributed by atoms with van der Waals surface area (Å²) >= 11 is 0. The summed E-state index contributed by atoms with van der Waals surface area (Å²) in [6.07, 6.45) is -5.23. The molecular formula is C28H20F3O2P. The summed E-state index contributed by atoms with van der Waals surface area (Å²) in [4.78, 5) is 27.1. The van der Waals surface area contributed by atoms with Gasteiger partial charge in [-0.2, -0.15) is 13.2 Å². The van der Waals surface area contributed by atoms with Gasteiger partial charge in [0.2, 0.25) is 0 Å². The number of benzene rings is 4. The summed E-state index contributed by atoms with van der Waals surface area (Å²) in [7, 11) is 0. The quantitative estimate of drug-likeness (QED) is 0.219. The monoisotopic (exact) mass is 476 g/mol. The molecule has 0 heterocycles. The summed E-state index contributed by atoms with van der Waals surface area (Å²) in [6, 6.07) is 33.3. The number of carbonyl (C=O) groups excluding carboxylic acids is 2. The first-order valence-electron chi connectivity index (χ1n) is 10.5. The van der Waals surface area contributed by atoms with Crippen LogP contribution in [0.15, 0.2) is 121 Å². The van der Waals surface area contributed by atoms with E-state index in [0.717, 1.165) is 0 Å². The number of rotatable bonds is 6. The summed E-state index contributed by atoms with van der Waals surface area (Å²) < 4.78 is 42.4. The second kappa shape index (κ2) is 9.66. The van der Waals surface area contributed by atoms with E-state index in [1.807, 2.05) is 0 Å². The molecule has 170 valence electrons. The Balaban J connectivity index is 2.31. The Labute approximate surface area is 195 Å². The SMILES string of the molecule is O=C(C(C(=O)C(F)(F)F)=P(c1ccccc1)(c1ccccc1)c1ccccc1)c1ccccc1. The maximum atomic E-state index is 14.1. The number of hydrogen-bond acceptors (Lipinski definition) is 2. The average Bonchev–Trinajstić information content (AvgIpc) is 2.88. The van der Waals surface area contributed by atoms with Gasteiger partial charge in [-0.3, -0.25) is 9.59 Å². The van der Waals surface area contributed by atoms with E-state index in [0.29, 0.717) is 15.9 Å². The minimum Gasteiger partial charge on any atom is -0.288 e. The van der Waals surface area contributed by atoms with E-state index in [2.05, 4.69) is 0 Å². The molecule has 0 atom stereocenters. The topological polar surface area (TPSA) is 34.1 Å². The van der Waals surface area contributed by atoms with Crippen molar-refractivity contribution in [1.82, 2.24) is 0 Å². The molecule has 4 aromatic rings. The van der Waals surface area contributed by atoms with Crippen molar-refractivity contribution >= 4 is 39.7 Å². The Hall–Kier alpha value is -3.69. The van der Waals surface area contributed by atoms with Gasteiger partial charge in [0, 0.05) is 5.56 Å². The van der Waals surface area contributed by atoms with Gasteiger partial charge >= 0.3 is 6.18 Å². The number of Topliss-reactive ketones (excluding diaryl/α,β-unsaturated/α-hetero) is 2. The van der Waals surface area contributed by atoms with Crippen LogP contribution in [0.2, 0.25) is 0 Å². The van der Waals surface area contributed by atoms with Crippen molar-refractivity contribution in [2.24, 2.45) is 0 Å². The van der Waals surface area contributed by atoms with Gasteiger partial charge in [0.1, 0.15) is 0 Å². The molecule has 4 aromatic carbocycles. The molecule has 0 bridgehead atoms. The van der Waals surface area contributed by atoms with Crippen molar-refractivity contribution in [3.8, 4) is 0 Å². The van der Waals surface area contributed by atoms with Gasteiger partial charge in [0.05, 0.1) is 5.29 Å². The maximum Gasteiger partial charge on any atom is 0.455 e. The third-order valence-electron chi connectivity index (χ3n) is 5.49. The molecule has 0 saturated carbocycles. The number of hydrogen-bond donors (Lipinski definition) is 0. The van der Waals surface area contributed by atoms with E-state index >= 15 is 0 Å². The Morgan fingerprint density at radius 3 is 1.18 bits per heavy atom. The second-order valence-electron chi connectivity index (χ2n) is 7.55. The van der Waals surface area contributed by atoms with Crippen molar-refractivity contribution < 1.29 is 22.8 Å². The average molecular weight is 476 g/mol. The highest BCUT2D eigenvalue weighted by molar-refractivity contribution is 7.97. The van der Waals surface area contributed by atoms with Gasteiger partial charge < -0.3 is 0 Å². The standard InChI is InChI=1S/C28H20F3O2P/c29-28(30,31)27(33)26(25(32)21-13-5-1-6-14-21)34(22-15-7-2-8-16-22,23-17-9-3-10-18-23)24-19-11-4-12-20-24/h1-20H. The van der Waals surface area contributed by atoms with Crippen molar-refractivity contribution in [3.63, 3.8) is 0 Å². The van der Waals surface area contributed by atoms with Crippen LogP contribution >= 0.6 is 6.89 Å². The van der Waals surface area contributed by atoms with Crippen LogP contribution in [0.1, 0.15) is 10.4 Å². The molecule has 0 radical (unpaired) electrons. The predicted octanol–water partition coefficient (Wildman–Crippen LogP) is 5.17. The first kappa shape index (κ1) is 23.5. The molecule has 2 nitrogen and oxygen atoms in total. The van der Waals surface area contributed by atoms with Crippen molar-refractivity contribution in [3.05, 3.63) is 127 Å². The molecule has 0 spiro atoms. The first-order chi connectivity index (χ1) is 16.4. The Morgan fingerprint density at radius 1 is 0.529 bits per heavy atom. The third kappa shape index (κ3) is 4.27. The molecule has 4 rings (SSSR count). The molecule has 0 unspecified atom stereocenters. The smallest absolute Gasteiger partial charge is 0.288 e. The fourth-order valence-corrected chi connectivity index (χ4v) is 8.45. The van der Waals surface area contributed by atoms with Crippen LogP contribution in [0.3, 0.4) is 0 Å². The lowest BCUT2D eigenvalue weighted by molar-refractivity contribution is -0.162. The van der Waals surface area contributed by atoms with E-state index in [1.54, 1.807) is 109 Å². The predicted molar refractivity (Wildman–Crippen MR) is 132 cm³/mol. The molecule has 0 aliphatic heterocycles. The molecule has 34 heavy (non-hydrogen) atoms. The highest BCUT2D eigenvalue weighted by Gasteiger charge is 2.48. The van der Waals surface area contributed by atoms with Crippen molar-refractivity contribution in [2.45, 2.75) is 6.18 Å². The minimum atomic E-state index is -5.23. The zero-order chi connectivity index (χ0) is 24.2. The molecule has 0 aliphatic carbocycles.